The van der Waals surface area contributed by atoms with Crippen molar-refractivity contribution in [3.63, 3.8) is 0 Å². The third-order valence-corrected chi connectivity index (χ3v) is 4.67. The molecule has 108 valence electrons. The highest BCUT2D eigenvalue weighted by atomic mass is 32.2. The van der Waals surface area contributed by atoms with Crippen LogP contribution in [0.5, 0.6) is 0 Å². The van der Waals surface area contributed by atoms with E-state index in [1.807, 2.05) is 0 Å². The van der Waals surface area contributed by atoms with Gasteiger partial charge in [0.05, 0.1) is 5.75 Å². The summed E-state index contributed by atoms with van der Waals surface area (Å²) in [4.78, 5) is 2.43. The van der Waals surface area contributed by atoms with E-state index in [0.717, 1.165) is 38.5 Å². The number of rotatable bonds is 7. The fraction of sp³-hybridized carbons (Fsp3) is 1.00. The van der Waals surface area contributed by atoms with Gasteiger partial charge in [-0.2, -0.15) is 0 Å². The van der Waals surface area contributed by atoms with E-state index < -0.39 is 9.84 Å². The highest BCUT2D eigenvalue weighted by Gasteiger charge is 2.18. The zero-order valence-electron chi connectivity index (χ0n) is 12.0. The Morgan fingerprint density at radius 1 is 1.28 bits per heavy atom. The molecule has 1 N–H and O–H groups in total. The standard InChI is InChI=1S/C13H28N2O2S/c1-12(2)15(9-4-10-18(3,16)17)11-13-5-7-14-8-6-13/h12-14H,4-11H2,1-3H3. The van der Waals surface area contributed by atoms with E-state index in [1.54, 1.807) is 0 Å². The summed E-state index contributed by atoms with van der Waals surface area (Å²) in [7, 11) is -2.82. The van der Waals surface area contributed by atoms with Crippen LogP contribution in [0.2, 0.25) is 0 Å². The Labute approximate surface area is 112 Å². The number of sulfone groups is 1. The van der Waals surface area contributed by atoms with Crippen molar-refractivity contribution in [1.82, 2.24) is 10.2 Å². The minimum atomic E-state index is -2.82. The molecule has 1 fully saturated rings. The Balaban J connectivity index is 2.34. The van der Waals surface area contributed by atoms with E-state index in [4.69, 9.17) is 0 Å². The second-order valence-electron chi connectivity index (χ2n) is 5.77. The van der Waals surface area contributed by atoms with Crippen molar-refractivity contribution in [1.29, 1.82) is 0 Å². The molecule has 0 unspecified atom stereocenters. The summed E-state index contributed by atoms with van der Waals surface area (Å²) in [5.74, 6) is 1.08. The molecule has 5 heteroatoms. The quantitative estimate of drug-likeness (QED) is 0.757. The molecule has 1 heterocycles. The van der Waals surface area contributed by atoms with E-state index in [1.165, 1.54) is 19.1 Å². The van der Waals surface area contributed by atoms with Gasteiger partial charge in [0, 0.05) is 18.8 Å². The molecule has 0 aromatic rings. The van der Waals surface area contributed by atoms with E-state index in [0.29, 0.717) is 11.8 Å². The van der Waals surface area contributed by atoms with Crippen molar-refractivity contribution >= 4 is 9.84 Å². The average molecular weight is 276 g/mol. The number of hydrogen-bond donors (Lipinski definition) is 1. The van der Waals surface area contributed by atoms with Crippen LogP contribution in [0.25, 0.3) is 0 Å². The minimum Gasteiger partial charge on any atom is -0.317 e. The lowest BCUT2D eigenvalue weighted by Gasteiger charge is -2.32. The molecule has 0 aromatic carbocycles. The lowest BCUT2D eigenvalue weighted by Crippen LogP contribution is -2.40. The van der Waals surface area contributed by atoms with Crippen LogP contribution in [0.4, 0.5) is 0 Å². The van der Waals surface area contributed by atoms with E-state index in [2.05, 4.69) is 24.1 Å². The van der Waals surface area contributed by atoms with Gasteiger partial charge in [-0.3, -0.25) is 0 Å². The van der Waals surface area contributed by atoms with Gasteiger partial charge in [0.1, 0.15) is 9.84 Å². The first kappa shape index (κ1) is 15.9. The van der Waals surface area contributed by atoms with Crippen LogP contribution in [0.3, 0.4) is 0 Å². The molecule has 0 amide bonds. The number of piperidine rings is 1. The lowest BCUT2D eigenvalue weighted by molar-refractivity contribution is 0.170. The van der Waals surface area contributed by atoms with Crippen molar-refractivity contribution in [3.8, 4) is 0 Å². The Kier molecular flexibility index (Phi) is 6.60. The summed E-state index contributed by atoms with van der Waals surface area (Å²) >= 11 is 0. The van der Waals surface area contributed by atoms with E-state index in [9.17, 15) is 8.42 Å². The van der Waals surface area contributed by atoms with Crippen LogP contribution in [-0.4, -0.2) is 57.5 Å². The first-order chi connectivity index (χ1) is 8.38. The number of nitrogens with zero attached hydrogens (tertiary/aromatic N) is 1. The molecule has 0 saturated carbocycles. The zero-order chi connectivity index (χ0) is 13.6. The van der Waals surface area contributed by atoms with E-state index in [-0.39, 0.29) is 0 Å². The maximum absolute atomic E-state index is 11.1. The molecular formula is C13H28N2O2S. The highest BCUT2D eigenvalue weighted by Crippen LogP contribution is 2.15. The molecule has 0 aromatic heterocycles. The third kappa shape index (κ3) is 6.71. The second kappa shape index (κ2) is 7.46. The largest absolute Gasteiger partial charge is 0.317 e. The van der Waals surface area contributed by atoms with E-state index >= 15 is 0 Å². The fourth-order valence-electron chi connectivity index (χ4n) is 2.49. The number of nitrogens with one attached hydrogen (secondary N) is 1. The van der Waals surface area contributed by atoms with Gasteiger partial charge in [0.15, 0.2) is 0 Å². The van der Waals surface area contributed by atoms with Crippen molar-refractivity contribution in [2.24, 2.45) is 5.92 Å². The molecule has 0 spiro atoms. The van der Waals surface area contributed by atoms with Gasteiger partial charge >= 0.3 is 0 Å². The van der Waals surface area contributed by atoms with Crippen LogP contribution >= 0.6 is 0 Å². The summed E-state index contributed by atoms with van der Waals surface area (Å²) in [5, 5.41) is 3.38. The molecule has 1 aliphatic heterocycles. The van der Waals surface area contributed by atoms with Crippen LogP contribution < -0.4 is 5.32 Å². The molecule has 0 atom stereocenters. The van der Waals surface area contributed by atoms with Gasteiger partial charge < -0.3 is 10.2 Å². The lowest BCUT2D eigenvalue weighted by atomic mass is 9.97. The minimum absolute atomic E-state index is 0.308. The van der Waals surface area contributed by atoms with Crippen LogP contribution in [-0.2, 0) is 9.84 Å². The third-order valence-electron chi connectivity index (χ3n) is 3.64. The Morgan fingerprint density at radius 2 is 1.89 bits per heavy atom. The second-order valence-corrected chi connectivity index (χ2v) is 8.03. The summed E-state index contributed by atoms with van der Waals surface area (Å²) < 4.78 is 22.3. The molecule has 0 aliphatic carbocycles. The highest BCUT2D eigenvalue weighted by molar-refractivity contribution is 7.90. The smallest absolute Gasteiger partial charge is 0.147 e. The maximum atomic E-state index is 11.1. The SMILES string of the molecule is CC(C)N(CCCS(C)(=O)=O)CC1CCNCC1. The molecular weight excluding hydrogens is 248 g/mol. The van der Waals surface area contributed by atoms with Crippen LogP contribution in [0.1, 0.15) is 33.1 Å². The molecule has 1 rings (SSSR count). The Morgan fingerprint density at radius 3 is 2.39 bits per heavy atom. The topological polar surface area (TPSA) is 49.4 Å². The molecule has 18 heavy (non-hydrogen) atoms. The normalized spacial score (nSPS) is 18.7. The zero-order valence-corrected chi connectivity index (χ0v) is 12.8. The molecule has 4 nitrogen and oxygen atoms in total. The van der Waals surface area contributed by atoms with Gasteiger partial charge in [-0.1, -0.05) is 0 Å². The van der Waals surface area contributed by atoms with Gasteiger partial charge in [0.2, 0.25) is 0 Å². The van der Waals surface area contributed by atoms with Crippen molar-refractivity contribution in [2.45, 2.75) is 39.2 Å². The van der Waals surface area contributed by atoms with Gasteiger partial charge in [-0.15, -0.1) is 0 Å². The van der Waals surface area contributed by atoms with Crippen molar-refractivity contribution < 1.29 is 8.42 Å². The Hall–Kier alpha value is -0.130. The van der Waals surface area contributed by atoms with Gasteiger partial charge in [-0.25, -0.2) is 8.42 Å². The van der Waals surface area contributed by atoms with Crippen LogP contribution in [0.15, 0.2) is 0 Å². The maximum Gasteiger partial charge on any atom is 0.147 e. The summed E-state index contributed by atoms with van der Waals surface area (Å²) in [5.41, 5.74) is 0. The Bertz CT molecular complexity index is 322. The summed E-state index contributed by atoms with van der Waals surface area (Å²) in [6.45, 7) is 8.65. The molecule has 0 bridgehead atoms. The van der Waals surface area contributed by atoms with Crippen molar-refractivity contribution in [3.05, 3.63) is 0 Å². The predicted octanol–water partition coefficient (Wildman–Crippen LogP) is 1.13. The monoisotopic (exact) mass is 276 g/mol. The predicted molar refractivity (Wildman–Crippen MR) is 76.6 cm³/mol. The van der Waals surface area contributed by atoms with Gasteiger partial charge in [-0.05, 0) is 58.7 Å². The molecule has 1 saturated heterocycles. The fourth-order valence-corrected chi connectivity index (χ4v) is 3.14. The molecule has 0 radical (unpaired) electrons. The first-order valence-corrected chi connectivity index (χ1v) is 9.07. The average Bonchev–Trinajstić information content (AvgIpc) is 2.27. The molecule has 1 aliphatic rings. The summed E-state index contributed by atoms with van der Waals surface area (Å²) in [6, 6.07) is 0.499. The number of hydrogen-bond acceptors (Lipinski definition) is 4. The first-order valence-electron chi connectivity index (χ1n) is 7.01. The van der Waals surface area contributed by atoms with Crippen molar-refractivity contribution in [2.75, 3.05) is 38.2 Å². The van der Waals surface area contributed by atoms with Crippen LogP contribution in [0, 0.1) is 5.92 Å². The summed E-state index contributed by atoms with van der Waals surface area (Å²) in [6.07, 6.45) is 4.56. The van der Waals surface area contributed by atoms with Gasteiger partial charge in [0.25, 0.3) is 0 Å².